The third-order valence-corrected chi connectivity index (χ3v) is 3.16. The van der Waals surface area contributed by atoms with Gasteiger partial charge < -0.3 is 5.11 Å². The number of hydrogen-bond donors (Lipinski definition) is 1. The van der Waals surface area contributed by atoms with E-state index in [1.807, 2.05) is 36.4 Å². The fraction of sp³-hybridized carbons (Fsp3) is 0.111. The van der Waals surface area contributed by atoms with E-state index in [4.69, 9.17) is 11.6 Å². The van der Waals surface area contributed by atoms with Gasteiger partial charge in [0.15, 0.2) is 0 Å². The van der Waals surface area contributed by atoms with E-state index < -0.39 is 6.10 Å². The van der Waals surface area contributed by atoms with E-state index in [0.717, 1.165) is 12.0 Å². The van der Waals surface area contributed by atoms with Crippen LogP contribution < -0.4 is 0 Å². The van der Waals surface area contributed by atoms with Gasteiger partial charge in [-0.1, -0.05) is 78.4 Å². The Morgan fingerprint density at radius 1 is 0.950 bits per heavy atom. The van der Waals surface area contributed by atoms with Gasteiger partial charge in [0.2, 0.25) is 0 Å². The lowest BCUT2D eigenvalue weighted by Crippen LogP contribution is -1.91. The highest BCUT2D eigenvalue weighted by Gasteiger charge is 2.01. The topological polar surface area (TPSA) is 20.2 Å². The molecule has 2 rings (SSSR count). The van der Waals surface area contributed by atoms with Crippen LogP contribution in [-0.4, -0.2) is 5.11 Å². The fourth-order valence-electron chi connectivity index (χ4n) is 1.83. The number of aliphatic hydroxyl groups excluding tert-OH is 1. The van der Waals surface area contributed by atoms with Crippen LogP contribution in [0.25, 0.3) is 6.08 Å². The molecule has 2 heteroatoms. The first-order valence-electron chi connectivity index (χ1n) is 6.57. The van der Waals surface area contributed by atoms with E-state index in [-0.39, 0.29) is 0 Å². The molecule has 1 nitrogen and oxygen atoms in total. The van der Waals surface area contributed by atoms with Crippen LogP contribution in [0.1, 0.15) is 23.7 Å². The molecule has 1 N–H and O–H groups in total. The maximum absolute atomic E-state index is 9.97. The lowest BCUT2D eigenvalue weighted by Gasteiger charge is -2.05. The minimum absolute atomic E-state index is 0.586. The first kappa shape index (κ1) is 14.6. The first-order valence-corrected chi connectivity index (χ1v) is 6.95. The standard InChI is InChI=1S/C18H17ClO/c19-17-13-11-16(12-14-17)18(20)10-6-2-5-9-15-7-3-1-4-8-15/h1,3-14,18,20H,2H2/b9-5+,10-6+. The normalized spacial score (nSPS) is 13.1. The summed E-state index contributed by atoms with van der Waals surface area (Å²) in [7, 11) is 0. The van der Waals surface area contributed by atoms with Crippen LogP contribution in [0.4, 0.5) is 0 Å². The van der Waals surface area contributed by atoms with Crippen molar-refractivity contribution >= 4 is 17.7 Å². The molecular weight excluding hydrogens is 268 g/mol. The fourth-order valence-corrected chi connectivity index (χ4v) is 1.95. The predicted octanol–water partition coefficient (Wildman–Crippen LogP) is 5.03. The smallest absolute Gasteiger partial charge is 0.0971 e. The van der Waals surface area contributed by atoms with E-state index in [2.05, 4.69) is 24.3 Å². The molecule has 0 aliphatic carbocycles. The summed E-state index contributed by atoms with van der Waals surface area (Å²) in [5.41, 5.74) is 2.02. The highest BCUT2D eigenvalue weighted by Crippen LogP contribution is 2.17. The van der Waals surface area contributed by atoms with Gasteiger partial charge in [-0.3, -0.25) is 0 Å². The maximum atomic E-state index is 9.97. The van der Waals surface area contributed by atoms with Crippen molar-refractivity contribution in [2.45, 2.75) is 12.5 Å². The Hall–Kier alpha value is -1.83. The molecule has 0 bridgehead atoms. The largest absolute Gasteiger partial charge is 0.384 e. The Morgan fingerprint density at radius 3 is 2.35 bits per heavy atom. The lowest BCUT2D eigenvalue weighted by atomic mass is 10.1. The third-order valence-electron chi connectivity index (χ3n) is 2.91. The zero-order valence-electron chi connectivity index (χ0n) is 11.1. The summed E-state index contributed by atoms with van der Waals surface area (Å²) in [4.78, 5) is 0. The van der Waals surface area contributed by atoms with Crippen LogP contribution in [0, 0.1) is 0 Å². The highest BCUT2D eigenvalue weighted by atomic mass is 35.5. The molecule has 0 radical (unpaired) electrons. The number of allylic oxidation sites excluding steroid dienone is 2. The summed E-state index contributed by atoms with van der Waals surface area (Å²) in [6, 6.07) is 17.4. The van der Waals surface area contributed by atoms with Gasteiger partial charge in [-0.2, -0.15) is 0 Å². The summed E-state index contributed by atoms with van der Waals surface area (Å²) in [5.74, 6) is 0. The molecule has 1 unspecified atom stereocenters. The van der Waals surface area contributed by atoms with Gasteiger partial charge in [-0.15, -0.1) is 0 Å². The quantitative estimate of drug-likeness (QED) is 0.763. The minimum Gasteiger partial charge on any atom is -0.384 e. The van der Waals surface area contributed by atoms with Gasteiger partial charge in [0, 0.05) is 5.02 Å². The Bertz CT molecular complexity index is 570. The van der Waals surface area contributed by atoms with Crippen molar-refractivity contribution < 1.29 is 5.11 Å². The van der Waals surface area contributed by atoms with Gasteiger partial charge in [0.05, 0.1) is 6.10 Å². The Morgan fingerprint density at radius 2 is 1.65 bits per heavy atom. The summed E-state index contributed by atoms with van der Waals surface area (Å²) < 4.78 is 0. The number of halogens is 1. The first-order chi connectivity index (χ1) is 9.75. The van der Waals surface area contributed by atoms with Crippen LogP contribution in [0.2, 0.25) is 5.02 Å². The monoisotopic (exact) mass is 284 g/mol. The Labute approximate surface area is 124 Å². The number of benzene rings is 2. The summed E-state index contributed by atoms with van der Waals surface area (Å²) in [5, 5.41) is 10.7. The lowest BCUT2D eigenvalue weighted by molar-refractivity contribution is 0.228. The molecule has 0 amide bonds. The molecule has 0 aliphatic heterocycles. The number of rotatable bonds is 5. The molecule has 1 atom stereocenters. The predicted molar refractivity (Wildman–Crippen MR) is 85.6 cm³/mol. The van der Waals surface area contributed by atoms with Crippen molar-refractivity contribution in [3.63, 3.8) is 0 Å². The van der Waals surface area contributed by atoms with Gasteiger partial charge >= 0.3 is 0 Å². The van der Waals surface area contributed by atoms with Crippen molar-refractivity contribution in [2.24, 2.45) is 0 Å². The number of aliphatic hydroxyl groups is 1. The van der Waals surface area contributed by atoms with E-state index >= 15 is 0 Å². The van der Waals surface area contributed by atoms with E-state index in [1.165, 1.54) is 5.56 Å². The van der Waals surface area contributed by atoms with Crippen LogP contribution >= 0.6 is 11.6 Å². The highest BCUT2D eigenvalue weighted by molar-refractivity contribution is 6.30. The van der Waals surface area contributed by atoms with Crippen molar-refractivity contribution in [3.05, 3.63) is 89.0 Å². The molecule has 0 saturated heterocycles. The van der Waals surface area contributed by atoms with Gasteiger partial charge in [0.25, 0.3) is 0 Å². The summed E-state index contributed by atoms with van der Waals surface area (Å²) in [6.45, 7) is 0. The second-order valence-electron chi connectivity index (χ2n) is 4.47. The molecule has 0 aromatic heterocycles. The molecule has 102 valence electrons. The van der Waals surface area contributed by atoms with Gasteiger partial charge in [0.1, 0.15) is 0 Å². The Balaban J connectivity index is 1.84. The maximum Gasteiger partial charge on any atom is 0.0971 e. The molecule has 2 aromatic carbocycles. The van der Waals surface area contributed by atoms with Crippen LogP contribution in [0.3, 0.4) is 0 Å². The van der Waals surface area contributed by atoms with Gasteiger partial charge in [-0.25, -0.2) is 0 Å². The van der Waals surface area contributed by atoms with E-state index in [1.54, 1.807) is 18.2 Å². The molecule has 0 fully saturated rings. The average molecular weight is 285 g/mol. The SMILES string of the molecule is OC(/C=C/C/C=C/c1ccccc1)c1ccc(Cl)cc1. The van der Waals surface area contributed by atoms with Crippen LogP contribution in [0.5, 0.6) is 0 Å². The molecule has 0 heterocycles. The third kappa shape index (κ3) is 4.69. The zero-order chi connectivity index (χ0) is 14.2. The number of hydrogen-bond acceptors (Lipinski definition) is 1. The van der Waals surface area contributed by atoms with Crippen molar-refractivity contribution in [3.8, 4) is 0 Å². The minimum atomic E-state index is -0.586. The second-order valence-corrected chi connectivity index (χ2v) is 4.91. The summed E-state index contributed by atoms with van der Waals surface area (Å²) in [6.07, 6.45) is 8.09. The van der Waals surface area contributed by atoms with Crippen LogP contribution in [0.15, 0.2) is 72.8 Å². The van der Waals surface area contributed by atoms with Crippen molar-refractivity contribution in [1.82, 2.24) is 0 Å². The Kier molecular flexibility index (Phi) is 5.60. The molecule has 0 saturated carbocycles. The molecular formula is C18H17ClO. The molecule has 0 aliphatic rings. The van der Waals surface area contributed by atoms with E-state index in [0.29, 0.717) is 5.02 Å². The molecule has 20 heavy (non-hydrogen) atoms. The molecule has 0 spiro atoms. The van der Waals surface area contributed by atoms with Crippen molar-refractivity contribution in [2.75, 3.05) is 0 Å². The van der Waals surface area contributed by atoms with Gasteiger partial charge in [-0.05, 0) is 29.7 Å². The average Bonchev–Trinajstić information content (AvgIpc) is 2.48. The second kappa shape index (κ2) is 7.68. The van der Waals surface area contributed by atoms with E-state index in [9.17, 15) is 5.11 Å². The zero-order valence-corrected chi connectivity index (χ0v) is 11.9. The molecule has 2 aromatic rings. The van der Waals surface area contributed by atoms with Crippen LogP contribution in [-0.2, 0) is 0 Å². The van der Waals surface area contributed by atoms with Crippen molar-refractivity contribution in [1.29, 1.82) is 0 Å². The summed E-state index contributed by atoms with van der Waals surface area (Å²) >= 11 is 5.81.